The maximum atomic E-state index is 13.1. The molecule has 1 aromatic heterocycles. The van der Waals surface area contributed by atoms with Gasteiger partial charge in [-0.3, -0.25) is 15.4 Å². The normalized spacial score (nSPS) is 11.9. The van der Waals surface area contributed by atoms with Crippen LogP contribution < -0.4 is 10.6 Å². The summed E-state index contributed by atoms with van der Waals surface area (Å²) < 4.78 is 78.5. The molecule has 1 aromatic carbocycles. The SMILES string of the molecule is Cc1cc(C)nc(NC(=O)NC(=O)c2c(C(F)(F)F)cccc2C(F)(F)F)n1. The largest absolute Gasteiger partial charge is 0.417 e. The van der Waals surface area contributed by atoms with E-state index in [1.807, 2.05) is 5.32 Å². The van der Waals surface area contributed by atoms with Crippen LogP contribution >= 0.6 is 0 Å². The van der Waals surface area contributed by atoms with Crippen molar-refractivity contribution in [3.63, 3.8) is 0 Å². The number of halogens is 6. The summed E-state index contributed by atoms with van der Waals surface area (Å²) >= 11 is 0. The molecule has 0 fully saturated rings. The van der Waals surface area contributed by atoms with Crippen LogP contribution in [0.5, 0.6) is 0 Å². The molecule has 0 atom stereocenters. The predicted octanol–water partition coefficient (Wildman–Crippen LogP) is 4.09. The number of benzene rings is 1. The number of carbonyl (C=O) groups excluding carboxylic acids is 2. The molecule has 0 aliphatic carbocycles. The van der Waals surface area contributed by atoms with Gasteiger partial charge in [0.25, 0.3) is 5.91 Å². The van der Waals surface area contributed by atoms with Gasteiger partial charge in [-0.2, -0.15) is 26.3 Å². The number of urea groups is 1. The third-order valence-electron chi connectivity index (χ3n) is 3.34. The lowest BCUT2D eigenvalue weighted by Gasteiger charge is -2.18. The van der Waals surface area contributed by atoms with Gasteiger partial charge in [0, 0.05) is 11.4 Å². The van der Waals surface area contributed by atoms with E-state index < -0.39 is 41.0 Å². The second kappa shape index (κ2) is 7.44. The Morgan fingerprint density at radius 2 is 1.36 bits per heavy atom. The molecular formula is C16H12F6N4O2. The lowest BCUT2D eigenvalue weighted by Crippen LogP contribution is -2.37. The third-order valence-corrected chi connectivity index (χ3v) is 3.34. The Labute approximate surface area is 154 Å². The summed E-state index contributed by atoms with van der Waals surface area (Å²) in [6, 6.07) is 1.32. The molecule has 0 unspecified atom stereocenters. The van der Waals surface area contributed by atoms with E-state index in [1.165, 1.54) is 5.32 Å². The van der Waals surface area contributed by atoms with E-state index in [4.69, 9.17) is 0 Å². The first-order chi connectivity index (χ1) is 12.8. The summed E-state index contributed by atoms with van der Waals surface area (Å²) in [6.45, 7) is 3.14. The minimum absolute atomic E-state index is 0.275. The van der Waals surface area contributed by atoms with E-state index in [0.29, 0.717) is 29.6 Å². The number of carbonyl (C=O) groups is 2. The molecule has 2 aromatic rings. The summed E-state index contributed by atoms with van der Waals surface area (Å²) in [6.07, 6.45) is -10.5. The maximum Gasteiger partial charge on any atom is 0.417 e. The van der Waals surface area contributed by atoms with Crippen LogP contribution in [0.4, 0.5) is 37.1 Å². The number of amides is 3. The standard InChI is InChI=1S/C16H12F6N4O2/c1-7-6-8(2)24-13(23-7)26-14(28)25-12(27)11-9(15(17,18)19)4-3-5-10(11)16(20,21)22/h3-6H,1-2H3,(H2,23,24,25,26,27,28). The molecule has 12 heteroatoms. The molecule has 0 aliphatic rings. The lowest BCUT2D eigenvalue weighted by atomic mass is 9.99. The van der Waals surface area contributed by atoms with Gasteiger partial charge in [-0.15, -0.1) is 0 Å². The second-order valence-electron chi connectivity index (χ2n) is 5.61. The summed E-state index contributed by atoms with van der Waals surface area (Å²) in [5.41, 5.74) is -4.48. The zero-order chi connectivity index (χ0) is 21.3. The molecule has 0 spiro atoms. The van der Waals surface area contributed by atoms with Gasteiger partial charge in [0.05, 0.1) is 16.7 Å². The Morgan fingerprint density at radius 1 is 0.893 bits per heavy atom. The highest BCUT2D eigenvalue weighted by atomic mass is 19.4. The highest BCUT2D eigenvalue weighted by Gasteiger charge is 2.43. The monoisotopic (exact) mass is 406 g/mol. The van der Waals surface area contributed by atoms with Crippen LogP contribution in [0, 0.1) is 13.8 Å². The van der Waals surface area contributed by atoms with Crippen molar-refractivity contribution in [2.45, 2.75) is 26.2 Å². The number of aryl methyl sites for hydroxylation is 2. The summed E-state index contributed by atoms with van der Waals surface area (Å²) in [5.74, 6) is -2.15. The zero-order valence-corrected chi connectivity index (χ0v) is 14.3. The van der Waals surface area contributed by atoms with Crippen LogP contribution in [0.15, 0.2) is 24.3 Å². The number of anilines is 1. The van der Waals surface area contributed by atoms with Crippen LogP contribution in [0.3, 0.4) is 0 Å². The molecule has 0 saturated carbocycles. The lowest BCUT2D eigenvalue weighted by molar-refractivity contribution is -0.143. The molecule has 28 heavy (non-hydrogen) atoms. The van der Waals surface area contributed by atoms with Crippen molar-refractivity contribution >= 4 is 17.9 Å². The number of nitrogens with zero attached hydrogens (tertiary/aromatic N) is 2. The van der Waals surface area contributed by atoms with Gasteiger partial charge in [0.15, 0.2) is 0 Å². The van der Waals surface area contributed by atoms with E-state index in [9.17, 15) is 35.9 Å². The van der Waals surface area contributed by atoms with Gasteiger partial charge in [0.2, 0.25) is 5.95 Å². The van der Waals surface area contributed by atoms with Crippen molar-refractivity contribution in [1.29, 1.82) is 0 Å². The number of alkyl halides is 6. The first kappa shape index (κ1) is 21.1. The van der Waals surface area contributed by atoms with E-state index >= 15 is 0 Å². The fourth-order valence-corrected chi connectivity index (χ4v) is 2.35. The maximum absolute atomic E-state index is 13.1. The Balaban J connectivity index is 2.36. The van der Waals surface area contributed by atoms with Gasteiger partial charge in [-0.05, 0) is 32.0 Å². The first-order valence-corrected chi connectivity index (χ1v) is 7.51. The molecule has 0 radical (unpaired) electrons. The van der Waals surface area contributed by atoms with Crippen LogP contribution in [0.1, 0.15) is 32.9 Å². The van der Waals surface area contributed by atoms with Crippen molar-refractivity contribution in [2.24, 2.45) is 0 Å². The fraction of sp³-hybridized carbons (Fsp3) is 0.250. The fourth-order valence-electron chi connectivity index (χ4n) is 2.35. The molecule has 3 amide bonds. The Morgan fingerprint density at radius 3 is 1.79 bits per heavy atom. The Bertz CT molecular complexity index is 872. The Kier molecular flexibility index (Phi) is 5.62. The average molecular weight is 406 g/mol. The molecule has 0 bridgehead atoms. The Hall–Kier alpha value is -3.18. The summed E-state index contributed by atoms with van der Waals surface area (Å²) in [4.78, 5) is 31.6. The van der Waals surface area contributed by atoms with Crippen LogP contribution in [0.25, 0.3) is 0 Å². The van der Waals surface area contributed by atoms with Crippen molar-refractivity contribution in [3.05, 3.63) is 52.3 Å². The quantitative estimate of drug-likeness (QED) is 0.736. The first-order valence-electron chi connectivity index (χ1n) is 7.51. The highest BCUT2D eigenvalue weighted by Crippen LogP contribution is 2.39. The summed E-state index contributed by atoms with van der Waals surface area (Å²) in [5, 5.41) is 3.42. The molecule has 0 saturated heterocycles. The highest BCUT2D eigenvalue weighted by molar-refractivity contribution is 6.09. The number of aromatic nitrogens is 2. The van der Waals surface area contributed by atoms with Crippen LogP contribution in [0.2, 0.25) is 0 Å². The molecule has 150 valence electrons. The van der Waals surface area contributed by atoms with Gasteiger partial charge >= 0.3 is 18.4 Å². The van der Waals surface area contributed by atoms with E-state index in [1.54, 1.807) is 19.9 Å². The van der Waals surface area contributed by atoms with Gasteiger partial charge in [0.1, 0.15) is 0 Å². The number of nitrogens with one attached hydrogen (secondary N) is 2. The van der Waals surface area contributed by atoms with Gasteiger partial charge in [-0.25, -0.2) is 14.8 Å². The van der Waals surface area contributed by atoms with Gasteiger partial charge < -0.3 is 0 Å². The molecule has 2 rings (SSSR count). The number of hydrogen-bond acceptors (Lipinski definition) is 4. The molecule has 0 aliphatic heterocycles. The van der Waals surface area contributed by atoms with Crippen molar-refractivity contribution < 1.29 is 35.9 Å². The van der Waals surface area contributed by atoms with Crippen molar-refractivity contribution in [3.8, 4) is 0 Å². The molecular weight excluding hydrogens is 394 g/mol. The number of rotatable bonds is 2. The third kappa shape index (κ3) is 4.96. The average Bonchev–Trinajstić information content (AvgIpc) is 2.51. The van der Waals surface area contributed by atoms with Crippen LogP contribution in [-0.4, -0.2) is 21.9 Å². The molecule has 6 nitrogen and oxygen atoms in total. The minimum Gasteiger partial charge on any atom is -0.276 e. The number of imide groups is 1. The number of hydrogen-bond donors (Lipinski definition) is 2. The molecule has 1 heterocycles. The smallest absolute Gasteiger partial charge is 0.276 e. The van der Waals surface area contributed by atoms with E-state index in [0.717, 1.165) is 0 Å². The van der Waals surface area contributed by atoms with Crippen LogP contribution in [-0.2, 0) is 12.4 Å². The minimum atomic E-state index is -5.25. The topological polar surface area (TPSA) is 84.0 Å². The summed E-state index contributed by atoms with van der Waals surface area (Å²) in [7, 11) is 0. The zero-order valence-electron chi connectivity index (χ0n) is 14.3. The van der Waals surface area contributed by atoms with E-state index in [2.05, 4.69) is 9.97 Å². The predicted molar refractivity (Wildman–Crippen MR) is 84.4 cm³/mol. The second-order valence-corrected chi connectivity index (χ2v) is 5.61. The molecule has 2 N–H and O–H groups in total. The van der Waals surface area contributed by atoms with E-state index in [-0.39, 0.29) is 5.95 Å². The van der Waals surface area contributed by atoms with Gasteiger partial charge in [-0.1, -0.05) is 6.07 Å². The van der Waals surface area contributed by atoms with Crippen molar-refractivity contribution in [1.82, 2.24) is 15.3 Å². The van der Waals surface area contributed by atoms with Crippen molar-refractivity contribution in [2.75, 3.05) is 5.32 Å².